The maximum Gasteiger partial charge on any atom is 0.306 e. The van der Waals surface area contributed by atoms with E-state index in [4.69, 9.17) is 5.11 Å². The maximum absolute atomic E-state index is 11.5. The lowest BCUT2D eigenvalue weighted by atomic mass is 9.88. The van der Waals surface area contributed by atoms with Crippen molar-refractivity contribution in [3.05, 3.63) is 24.3 Å². The molecule has 0 heterocycles. The summed E-state index contributed by atoms with van der Waals surface area (Å²) < 4.78 is 0. The molecule has 0 aliphatic carbocycles. The van der Waals surface area contributed by atoms with Crippen molar-refractivity contribution < 1.29 is 14.7 Å². The zero-order chi connectivity index (χ0) is 14.9. The third-order valence-electron chi connectivity index (χ3n) is 3.08. The quantitative estimate of drug-likeness (QED) is 0.507. The molecule has 0 fully saturated rings. The van der Waals surface area contributed by atoms with Crippen molar-refractivity contribution >= 4 is 11.8 Å². The van der Waals surface area contributed by atoms with Gasteiger partial charge in [-0.05, 0) is 24.3 Å². The molecule has 0 aliphatic rings. The van der Waals surface area contributed by atoms with E-state index in [2.05, 4.69) is 26.8 Å². The molecule has 0 aliphatic heterocycles. The fraction of sp³-hybridized carbons (Fsp3) is 0.625. The van der Waals surface area contributed by atoms with Crippen molar-refractivity contribution in [1.82, 2.24) is 0 Å². The van der Waals surface area contributed by atoms with Gasteiger partial charge in [-0.25, -0.2) is 0 Å². The first-order valence-corrected chi connectivity index (χ1v) is 6.90. The predicted octanol–water partition coefficient (Wildman–Crippen LogP) is 4.00. The van der Waals surface area contributed by atoms with Gasteiger partial charge in [0.25, 0.3) is 0 Å². The van der Waals surface area contributed by atoms with Crippen LogP contribution in [0.25, 0.3) is 0 Å². The van der Waals surface area contributed by atoms with Crippen LogP contribution in [0.2, 0.25) is 0 Å². The molecule has 108 valence electrons. The Hall–Kier alpha value is -1.38. The van der Waals surface area contributed by atoms with Gasteiger partial charge < -0.3 is 5.11 Å². The number of aliphatic carboxylic acids is 1. The first-order valence-electron chi connectivity index (χ1n) is 6.90. The van der Waals surface area contributed by atoms with Gasteiger partial charge in [0.15, 0.2) is 5.78 Å². The van der Waals surface area contributed by atoms with Gasteiger partial charge in [-0.1, -0.05) is 52.3 Å². The highest BCUT2D eigenvalue weighted by molar-refractivity contribution is 5.90. The first kappa shape index (κ1) is 17.6. The second kappa shape index (κ2) is 8.68. The Balaban J connectivity index is 4.10. The Bertz CT molecular complexity index is 351. The van der Waals surface area contributed by atoms with E-state index in [-0.39, 0.29) is 17.6 Å². The van der Waals surface area contributed by atoms with Gasteiger partial charge in [0.05, 0.1) is 5.92 Å². The summed E-state index contributed by atoms with van der Waals surface area (Å²) in [6.45, 7) is 8.10. The van der Waals surface area contributed by atoms with Crippen molar-refractivity contribution in [2.75, 3.05) is 0 Å². The van der Waals surface area contributed by atoms with Gasteiger partial charge in [-0.2, -0.15) is 0 Å². The zero-order valence-corrected chi connectivity index (χ0v) is 12.5. The van der Waals surface area contributed by atoms with Gasteiger partial charge in [0, 0.05) is 6.42 Å². The molecule has 0 amide bonds. The second-order valence-electron chi connectivity index (χ2n) is 5.70. The zero-order valence-electron chi connectivity index (χ0n) is 12.5. The SMILES string of the molecule is CCCC(C)(C)/C=C/C=C/C(=O)CCC(C)C(=O)O. The minimum Gasteiger partial charge on any atom is -0.481 e. The van der Waals surface area contributed by atoms with Gasteiger partial charge in [0.2, 0.25) is 0 Å². The second-order valence-corrected chi connectivity index (χ2v) is 5.70. The molecule has 0 aromatic rings. The van der Waals surface area contributed by atoms with Gasteiger partial charge >= 0.3 is 5.97 Å². The molecule has 0 radical (unpaired) electrons. The van der Waals surface area contributed by atoms with Crippen LogP contribution in [0.5, 0.6) is 0 Å². The molecule has 0 spiro atoms. The normalized spacial score (nSPS) is 14.1. The summed E-state index contributed by atoms with van der Waals surface area (Å²) in [5.41, 5.74) is 0.153. The highest BCUT2D eigenvalue weighted by atomic mass is 16.4. The number of allylic oxidation sites excluding steroid dienone is 4. The molecule has 0 bridgehead atoms. The number of carbonyl (C=O) groups is 2. The lowest BCUT2D eigenvalue weighted by Crippen LogP contribution is -2.10. The van der Waals surface area contributed by atoms with Crippen molar-refractivity contribution in [2.24, 2.45) is 11.3 Å². The molecule has 1 unspecified atom stereocenters. The van der Waals surface area contributed by atoms with Crippen LogP contribution >= 0.6 is 0 Å². The van der Waals surface area contributed by atoms with Gasteiger partial charge in [0.1, 0.15) is 0 Å². The van der Waals surface area contributed by atoms with Gasteiger partial charge in [-0.15, -0.1) is 0 Å². The molecule has 0 aromatic carbocycles. The molecule has 0 saturated heterocycles. The number of hydrogen-bond acceptors (Lipinski definition) is 2. The van der Waals surface area contributed by atoms with Gasteiger partial charge in [-0.3, -0.25) is 9.59 Å². The molecule has 19 heavy (non-hydrogen) atoms. The summed E-state index contributed by atoms with van der Waals surface area (Å²) in [4.78, 5) is 22.1. The average molecular weight is 266 g/mol. The Morgan fingerprint density at radius 3 is 2.42 bits per heavy atom. The minimum absolute atomic E-state index is 0.0222. The highest BCUT2D eigenvalue weighted by Crippen LogP contribution is 2.23. The minimum atomic E-state index is -0.849. The van der Waals surface area contributed by atoms with E-state index in [0.717, 1.165) is 12.8 Å². The van der Waals surface area contributed by atoms with Crippen LogP contribution in [0.1, 0.15) is 53.4 Å². The summed E-state index contributed by atoms with van der Waals surface area (Å²) in [7, 11) is 0. The van der Waals surface area contributed by atoms with Crippen LogP contribution in [0.4, 0.5) is 0 Å². The summed E-state index contributed by atoms with van der Waals surface area (Å²) in [5.74, 6) is -1.33. The Labute approximate surface area is 116 Å². The van der Waals surface area contributed by atoms with Crippen molar-refractivity contribution in [3.8, 4) is 0 Å². The monoisotopic (exact) mass is 266 g/mol. The van der Waals surface area contributed by atoms with E-state index in [9.17, 15) is 9.59 Å². The topological polar surface area (TPSA) is 54.4 Å². The fourth-order valence-corrected chi connectivity index (χ4v) is 1.77. The van der Waals surface area contributed by atoms with Crippen molar-refractivity contribution in [3.63, 3.8) is 0 Å². The number of hydrogen-bond donors (Lipinski definition) is 1. The number of rotatable bonds is 9. The third kappa shape index (κ3) is 9.23. The summed E-state index contributed by atoms with van der Waals surface area (Å²) >= 11 is 0. The Morgan fingerprint density at radius 1 is 1.26 bits per heavy atom. The number of carboxylic acids is 1. The number of carbonyl (C=O) groups excluding carboxylic acids is 1. The smallest absolute Gasteiger partial charge is 0.306 e. The Kier molecular flexibility index (Phi) is 8.05. The molecular formula is C16H26O3. The first-order chi connectivity index (χ1) is 8.78. The van der Waals surface area contributed by atoms with Crippen LogP contribution in [0.3, 0.4) is 0 Å². The summed E-state index contributed by atoms with van der Waals surface area (Å²) in [6.07, 6.45) is 10.2. The van der Waals surface area contributed by atoms with E-state index in [1.54, 1.807) is 13.0 Å². The van der Waals surface area contributed by atoms with Crippen molar-refractivity contribution in [2.45, 2.75) is 53.4 Å². The van der Waals surface area contributed by atoms with E-state index in [1.807, 2.05) is 6.08 Å². The average Bonchev–Trinajstić information content (AvgIpc) is 2.31. The molecule has 1 N–H and O–H groups in total. The van der Waals surface area contributed by atoms with Crippen LogP contribution in [-0.4, -0.2) is 16.9 Å². The molecule has 3 heteroatoms. The highest BCUT2D eigenvalue weighted by Gasteiger charge is 2.12. The molecule has 0 saturated carbocycles. The largest absolute Gasteiger partial charge is 0.481 e. The Morgan fingerprint density at radius 2 is 1.89 bits per heavy atom. The predicted molar refractivity (Wildman–Crippen MR) is 78.0 cm³/mol. The van der Waals surface area contributed by atoms with E-state index in [0.29, 0.717) is 6.42 Å². The van der Waals surface area contributed by atoms with E-state index < -0.39 is 11.9 Å². The van der Waals surface area contributed by atoms with E-state index >= 15 is 0 Å². The molecule has 1 atom stereocenters. The maximum atomic E-state index is 11.5. The summed E-state index contributed by atoms with van der Waals surface area (Å²) in [6, 6.07) is 0. The lowest BCUT2D eigenvalue weighted by Gasteiger charge is -2.18. The van der Waals surface area contributed by atoms with Crippen LogP contribution in [0.15, 0.2) is 24.3 Å². The number of ketones is 1. The van der Waals surface area contributed by atoms with Crippen LogP contribution < -0.4 is 0 Å². The number of carboxylic acid groups (broad SMARTS) is 1. The molecule has 0 aromatic heterocycles. The standard InChI is InChI=1S/C16H26O3/c1-5-11-16(3,4)12-7-6-8-14(17)10-9-13(2)15(18)19/h6-8,12-13H,5,9-11H2,1-4H3,(H,18,19)/b8-6+,12-7+. The fourth-order valence-electron chi connectivity index (χ4n) is 1.77. The molecule has 0 rings (SSSR count). The molecular weight excluding hydrogens is 240 g/mol. The molecule has 3 nitrogen and oxygen atoms in total. The van der Waals surface area contributed by atoms with Crippen molar-refractivity contribution in [1.29, 1.82) is 0 Å². The van der Waals surface area contributed by atoms with Crippen LogP contribution in [0, 0.1) is 11.3 Å². The van der Waals surface area contributed by atoms with Crippen LogP contribution in [-0.2, 0) is 9.59 Å². The lowest BCUT2D eigenvalue weighted by molar-refractivity contribution is -0.141. The summed E-state index contributed by atoms with van der Waals surface area (Å²) in [5, 5.41) is 8.71. The van der Waals surface area contributed by atoms with E-state index in [1.165, 1.54) is 6.08 Å². The third-order valence-corrected chi connectivity index (χ3v) is 3.08.